The molecule has 1 aliphatic rings. The lowest BCUT2D eigenvalue weighted by Crippen LogP contribution is -2.46. The average Bonchev–Trinajstić information content (AvgIpc) is 2.15. The van der Waals surface area contributed by atoms with Gasteiger partial charge in [0.15, 0.2) is 0 Å². The van der Waals surface area contributed by atoms with Crippen LogP contribution in [0, 0.1) is 5.41 Å². The number of carbonyl (C=O) groups excluding carboxylic acids is 1. The fraction of sp³-hybridized carbons (Fsp3) is 0.727. The van der Waals surface area contributed by atoms with Crippen LogP contribution in [0.15, 0.2) is 11.6 Å². The van der Waals surface area contributed by atoms with Gasteiger partial charge in [-0.3, -0.25) is 0 Å². The van der Waals surface area contributed by atoms with Crippen molar-refractivity contribution < 1.29 is 14.3 Å². The van der Waals surface area contributed by atoms with Crippen LogP contribution in [0.1, 0.15) is 27.2 Å². The Morgan fingerprint density at radius 3 is 2.57 bits per heavy atom. The van der Waals surface area contributed by atoms with Crippen molar-refractivity contribution in [2.24, 2.45) is 5.41 Å². The Labute approximate surface area is 85.1 Å². The first kappa shape index (κ1) is 11.2. The number of rotatable bonds is 4. The van der Waals surface area contributed by atoms with Crippen molar-refractivity contribution in [1.29, 1.82) is 0 Å². The second-order valence-electron chi connectivity index (χ2n) is 3.89. The van der Waals surface area contributed by atoms with Crippen LogP contribution >= 0.6 is 0 Å². The van der Waals surface area contributed by atoms with Gasteiger partial charge in [0.1, 0.15) is 6.61 Å². The van der Waals surface area contributed by atoms with Gasteiger partial charge in [0.05, 0.1) is 18.6 Å². The summed E-state index contributed by atoms with van der Waals surface area (Å²) in [5.41, 5.74) is 0.750. The van der Waals surface area contributed by atoms with Gasteiger partial charge in [-0.15, -0.1) is 0 Å². The quantitative estimate of drug-likeness (QED) is 0.511. The van der Waals surface area contributed by atoms with E-state index in [9.17, 15) is 4.79 Å². The summed E-state index contributed by atoms with van der Waals surface area (Å²) < 4.78 is 10.3. The van der Waals surface area contributed by atoms with E-state index in [1.54, 1.807) is 13.0 Å². The minimum atomic E-state index is -0.216. The van der Waals surface area contributed by atoms with E-state index in [0.29, 0.717) is 25.4 Å². The van der Waals surface area contributed by atoms with E-state index in [1.807, 2.05) is 6.92 Å². The van der Waals surface area contributed by atoms with Crippen LogP contribution in [-0.4, -0.2) is 25.8 Å². The molecule has 0 bridgehead atoms. The van der Waals surface area contributed by atoms with Gasteiger partial charge in [-0.25, -0.2) is 4.79 Å². The van der Waals surface area contributed by atoms with E-state index in [0.717, 1.165) is 6.42 Å². The number of esters is 1. The van der Waals surface area contributed by atoms with Crippen LogP contribution in [0.3, 0.4) is 0 Å². The van der Waals surface area contributed by atoms with Crippen LogP contribution in [0.4, 0.5) is 0 Å². The molecule has 0 aliphatic carbocycles. The molecule has 0 amide bonds. The third-order valence-electron chi connectivity index (χ3n) is 2.83. The Bertz CT molecular complexity index is 233. The maximum atomic E-state index is 11.3. The topological polar surface area (TPSA) is 35.5 Å². The molecule has 80 valence electrons. The molecule has 14 heavy (non-hydrogen) atoms. The van der Waals surface area contributed by atoms with Crippen molar-refractivity contribution >= 4 is 5.97 Å². The molecule has 0 N–H and O–H groups in total. The summed E-state index contributed by atoms with van der Waals surface area (Å²) in [7, 11) is 0. The lowest BCUT2D eigenvalue weighted by Gasteiger charge is -2.39. The van der Waals surface area contributed by atoms with Crippen LogP contribution in [0.2, 0.25) is 0 Å². The fourth-order valence-corrected chi connectivity index (χ4v) is 1.23. The molecule has 3 nitrogen and oxygen atoms in total. The van der Waals surface area contributed by atoms with Crippen molar-refractivity contribution in [3.8, 4) is 0 Å². The van der Waals surface area contributed by atoms with Crippen LogP contribution in [-0.2, 0) is 14.3 Å². The van der Waals surface area contributed by atoms with E-state index in [2.05, 4.69) is 6.92 Å². The highest BCUT2D eigenvalue weighted by Crippen LogP contribution is 2.31. The molecule has 0 atom stereocenters. The molecule has 1 heterocycles. The summed E-state index contributed by atoms with van der Waals surface area (Å²) >= 11 is 0. The second-order valence-corrected chi connectivity index (χ2v) is 3.89. The molecular formula is C11H18O3. The van der Waals surface area contributed by atoms with Gasteiger partial charge >= 0.3 is 5.97 Å². The van der Waals surface area contributed by atoms with Crippen LogP contribution < -0.4 is 0 Å². The van der Waals surface area contributed by atoms with Gasteiger partial charge in [0.25, 0.3) is 0 Å². The van der Waals surface area contributed by atoms with Crippen LogP contribution in [0.25, 0.3) is 0 Å². The van der Waals surface area contributed by atoms with Gasteiger partial charge in [0, 0.05) is 5.57 Å². The fourth-order valence-electron chi connectivity index (χ4n) is 1.23. The maximum Gasteiger partial charge on any atom is 0.333 e. The molecule has 0 saturated carbocycles. The van der Waals surface area contributed by atoms with Crippen LogP contribution in [0.5, 0.6) is 0 Å². The highest BCUT2D eigenvalue weighted by atomic mass is 16.5. The Kier molecular flexibility index (Phi) is 3.69. The number of hydrogen-bond acceptors (Lipinski definition) is 3. The molecule has 0 aromatic carbocycles. The standard InChI is InChI=1S/C11H18O3/c1-4-9(3)10(12)14-8-11(5-2)6-13-7-11/h4H,5-8H2,1-3H3. The molecule has 1 rings (SSSR count). The van der Waals surface area contributed by atoms with Crippen molar-refractivity contribution in [2.45, 2.75) is 27.2 Å². The number of ether oxygens (including phenoxy) is 2. The molecule has 0 aromatic heterocycles. The molecule has 0 spiro atoms. The molecular weight excluding hydrogens is 180 g/mol. The number of allylic oxidation sites excluding steroid dienone is 1. The van der Waals surface area contributed by atoms with E-state index in [1.165, 1.54) is 0 Å². The first-order chi connectivity index (χ1) is 6.63. The normalized spacial score (nSPS) is 20.1. The van der Waals surface area contributed by atoms with Crippen molar-refractivity contribution in [3.05, 3.63) is 11.6 Å². The van der Waals surface area contributed by atoms with Gasteiger partial charge in [0.2, 0.25) is 0 Å². The maximum absolute atomic E-state index is 11.3. The summed E-state index contributed by atoms with van der Waals surface area (Å²) in [6.07, 6.45) is 2.76. The zero-order valence-corrected chi connectivity index (χ0v) is 9.13. The third kappa shape index (κ3) is 2.35. The smallest absolute Gasteiger partial charge is 0.333 e. The van der Waals surface area contributed by atoms with Gasteiger partial charge in [-0.1, -0.05) is 13.0 Å². The molecule has 0 radical (unpaired) electrons. The third-order valence-corrected chi connectivity index (χ3v) is 2.83. The summed E-state index contributed by atoms with van der Waals surface area (Å²) in [5, 5.41) is 0. The van der Waals surface area contributed by atoms with Gasteiger partial charge in [-0.05, 0) is 20.3 Å². The Morgan fingerprint density at radius 1 is 1.57 bits per heavy atom. The molecule has 1 aliphatic heterocycles. The molecule has 3 heteroatoms. The Hall–Kier alpha value is -0.830. The monoisotopic (exact) mass is 198 g/mol. The summed E-state index contributed by atoms with van der Waals surface area (Å²) in [4.78, 5) is 11.3. The summed E-state index contributed by atoms with van der Waals surface area (Å²) in [6.45, 7) is 7.60. The van der Waals surface area contributed by atoms with E-state index in [-0.39, 0.29) is 11.4 Å². The number of carbonyl (C=O) groups is 1. The van der Waals surface area contributed by atoms with Crippen molar-refractivity contribution in [1.82, 2.24) is 0 Å². The summed E-state index contributed by atoms with van der Waals surface area (Å²) in [6, 6.07) is 0. The Balaban J connectivity index is 2.36. The lowest BCUT2D eigenvalue weighted by atomic mass is 9.84. The first-order valence-corrected chi connectivity index (χ1v) is 5.01. The highest BCUT2D eigenvalue weighted by Gasteiger charge is 2.38. The first-order valence-electron chi connectivity index (χ1n) is 5.01. The SMILES string of the molecule is CC=C(C)C(=O)OCC1(CC)COC1. The number of hydrogen-bond donors (Lipinski definition) is 0. The lowest BCUT2D eigenvalue weighted by molar-refractivity contribution is -0.167. The summed E-state index contributed by atoms with van der Waals surface area (Å²) in [5.74, 6) is -0.216. The zero-order valence-electron chi connectivity index (χ0n) is 9.13. The second kappa shape index (κ2) is 4.60. The van der Waals surface area contributed by atoms with Crippen molar-refractivity contribution in [3.63, 3.8) is 0 Å². The van der Waals surface area contributed by atoms with E-state index in [4.69, 9.17) is 9.47 Å². The van der Waals surface area contributed by atoms with Gasteiger partial charge < -0.3 is 9.47 Å². The largest absolute Gasteiger partial charge is 0.462 e. The Morgan fingerprint density at radius 2 is 2.21 bits per heavy atom. The zero-order chi connectivity index (χ0) is 10.6. The van der Waals surface area contributed by atoms with Crippen molar-refractivity contribution in [2.75, 3.05) is 19.8 Å². The predicted octanol–water partition coefficient (Wildman–Crippen LogP) is 1.92. The minimum Gasteiger partial charge on any atom is -0.462 e. The highest BCUT2D eigenvalue weighted by molar-refractivity contribution is 5.87. The predicted molar refractivity (Wildman–Crippen MR) is 53.9 cm³/mol. The molecule has 1 fully saturated rings. The van der Waals surface area contributed by atoms with E-state index < -0.39 is 0 Å². The average molecular weight is 198 g/mol. The minimum absolute atomic E-state index is 0.0870. The molecule has 1 saturated heterocycles. The van der Waals surface area contributed by atoms with E-state index >= 15 is 0 Å². The molecule has 0 unspecified atom stereocenters. The van der Waals surface area contributed by atoms with Gasteiger partial charge in [-0.2, -0.15) is 0 Å². The molecule has 0 aromatic rings.